The first-order valence-corrected chi connectivity index (χ1v) is 3.32. The molecule has 1 aromatic rings. The third-order valence-electron chi connectivity index (χ3n) is 1.62. The Hall–Kier alpha value is -1.56. The molecule has 56 valence electrons. The van der Waals surface area contributed by atoms with Crippen molar-refractivity contribution in [3.05, 3.63) is 23.4 Å². The Kier molecular flexibility index (Phi) is 2.07. The Morgan fingerprint density at radius 2 is 2.45 bits per heavy atom. The number of pyridine rings is 1. The molecular formula is C8H9N3. The molecule has 1 rings (SSSR count). The van der Waals surface area contributed by atoms with E-state index in [0.717, 1.165) is 11.1 Å². The molecule has 0 aliphatic carbocycles. The van der Waals surface area contributed by atoms with Gasteiger partial charge in [0.2, 0.25) is 0 Å². The Balaban J connectivity index is 3.08. The van der Waals surface area contributed by atoms with Crippen LogP contribution in [0.4, 0.5) is 5.82 Å². The van der Waals surface area contributed by atoms with Crippen LogP contribution in [-0.2, 0) is 6.42 Å². The van der Waals surface area contributed by atoms with Crippen LogP contribution in [0.25, 0.3) is 0 Å². The maximum Gasteiger partial charge on any atom is 0.126 e. The van der Waals surface area contributed by atoms with E-state index in [4.69, 9.17) is 11.0 Å². The molecule has 0 radical (unpaired) electrons. The summed E-state index contributed by atoms with van der Waals surface area (Å²) in [6.45, 7) is 1.87. The van der Waals surface area contributed by atoms with Gasteiger partial charge in [-0.2, -0.15) is 5.26 Å². The zero-order chi connectivity index (χ0) is 8.27. The summed E-state index contributed by atoms with van der Waals surface area (Å²) >= 11 is 0. The summed E-state index contributed by atoms with van der Waals surface area (Å²) in [6, 6.07) is 3.88. The van der Waals surface area contributed by atoms with Crippen molar-refractivity contribution in [2.75, 3.05) is 5.73 Å². The summed E-state index contributed by atoms with van der Waals surface area (Å²) < 4.78 is 0. The second-order valence-electron chi connectivity index (χ2n) is 2.32. The van der Waals surface area contributed by atoms with Crippen molar-refractivity contribution >= 4 is 5.82 Å². The van der Waals surface area contributed by atoms with Gasteiger partial charge in [0.15, 0.2) is 0 Å². The average Bonchev–Trinajstić information content (AvgIpc) is 1.99. The monoisotopic (exact) mass is 147 g/mol. The highest BCUT2D eigenvalue weighted by Crippen LogP contribution is 2.12. The molecule has 0 spiro atoms. The minimum absolute atomic E-state index is 0.401. The number of aromatic nitrogens is 1. The van der Waals surface area contributed by atoms with Crippen LogP contribution in [0.2, 0.25) is 0 Å². The van der Waals surface area contributed by atoms with Gasteiger partial charge in [-0.1, -0.05) is 0 Å². The van der Waals surface area contributed by atoms with Gasteiger partial charge in [0.05, 0.1) is 12.5 Å². The van der Waals surface area contributed by atoms with Gasteiger partial charge in [0.1, 0.15) is 5.82 Å². The molecule has 0 fully saturated rings. The van der Waals surface area contributed by atoms with Crippen molar-refractivity contribution in [2.24, 2.45) is 0 Å². The van der Waals surface area contributed by atoms with Crippen LogP contribution in [-0.4, -0.2) is 4.98 Å². The lowest BCUT2D eigenvalue weighted by Crippen LogP contribution is -1.97. The van der Waals surface area contributed by atoms with Crippen LogP contribution in [0.3, 0.4) is 0 Å². The first-order valence-electron chi connectivity index (χ1n) is 3.32. The Morgan fingerprint density at radius 1 is 1.73 bits per heavy atom. The second-order valence-corrected chi connectivity index (χ2v) is 2.32. The van der Waals surface area contributed by atoms with Crippen molar-refractivity contribution in [3.8, 4) is 6.07 Å². The summed E-state index contributed by atoms with van der Waals surface area (Å²) in [5, 5.41) is 8.42. The molecule has 0 bridgehead atoms. The average molecular weight is 147 g/mol. The molecule has 0 saturated carbocycles. The fraction of sp³-hybridized carbons (Fsp3) is 0.250. The smallest absolute Gasteiger partial charge is 0.126 e. The van der Waals surface area contributed by atoms with Crippen molar-refractivity contribution in [2.45, 2.75) is 13.3 Å². The van der Waals surface area contributed by atoms with E-state index >= 15 is 0 Å². The molecule has 11 heavy (non-hydrogen) atoms. The largest absolute Gasteiger partial charge is 0.383 e. The predicted molar refractivity (Wildman–Crippen MR) is 42.7 cm³/mol. The van der Waals surface area contributed by atoms with E-state index in [9.17, 15) is 0 Å². The molecule has 0 saturated heterocycles. The van der Waals surface area contributed by atoms with Gasteiger partial charge >= 0.3 is 0 Å². The first kappa shape index (κ1) is 7.55. The van der Waals surface area contributed by atoms with E-state index in [0.29, 0.717) is 12.2 Å². The number of anilines is 1. The van der Waals surface area contributed by atoms with Gasteiger partial charge in [-0.05, 0) is 24.1 Å². The van der Waals surface area contributed by atoms with E-state index in [-0.39, 0.29) is 0 Å². The van der Waals surface area contributed by atoms with Crippen LogP contribution < -0.4 is 5.73 Å². The summed E-state index contributed by atoms with van der Waals surface area (Å²) in [4.78, 5) is 3.89. The predicted octanol–water partition coefficient (Wildman–Crippen LogP) is 1.04. The number of nitrogen functional groups attached to an aromatic ring is 1. The highest BCUT2D eigenvalue weighted by atomic mass is 14.8. The van der Waals surface area contributed by atoms with Gasteiger partial charge in [-0.15, -0.1) is 0 Å². The topological polar surface area (TPSA) is 62.7 Å². The Bertz CT molecular complexity index is 299. The highest BCUT2D eigenvalue weighted by Gasteiger charge is 1.99. The molecule has 3 nitrogen and oxygen atoms in total. The number of nitrogens with two attached hydrogens (primary N) is 1. The van der Waals surface area contributed by atoms with Crippen molar-refractivity contribution in [1.82, 2.24) is 4.98 Å². The molecule has 0 aliphatic heterocycles. The third-order valence-corrected chi connectivity index (χ3v) is 1.62. The first-order chi connectivity index (χ1) is 5.25. The highest BCUT2D eigenvalue weighted by molar-refractivity contribution is 5.43. The summed E-state index contributed by atoms with van der Waals surface area (Å²) in [7, 11) is 0. The summed E-state index contributed by atoms with van der Waals surface area (Å²) in [5.74, 6) is 0.512. The maximum atomic E-state index is 8.42. The van der Waals surface area contributed by atoms with E-state index in [1.165, 1.54) is 0 Å². The quantitative estimate of drug-likeness (QED) is 0.645. The number of nitrogens with zero attached hydrogens (tertiary/aromatic N) is 2. The molecular weight excluding hydrogens is 138 g/mol. The fourth-order valence-electron chi connectivity index (χ4n) is 0.871. The minimum Gasteiger partial charge on any atom is -0.383 e. The normalized spacial score (nSPS) is 9.09. The van der Waals surface area contributed by atoms with Gasteiger partial charge < -0.3 is 5.73 Å². The van der Waals surface area contributed by atoms with Crippen LogP contribution in [0.1, 0.15) is 11.1 Å². The van der Waals surface area contributed by atoms with Gasteiger partial charge in [-0.25, -0.2) is 4.98 Å². The van der Waals surface area contributed by atoms with E-state index < -0.39 is 0 Å². The molecule has 2 N–H and O–H groups in total. The lowest BCUT2D eigenvalue weighted by Gasteiger charge is -2.01. The number of hydrogen-bond acceptors (Lipinski definition) is 3. The van der Waals surface area contributed by atoms with Crippen molar-refractivity contribution < 1.29 is 0 Å². The second kappa shape index (κ2) is 3.02. The molecule has 3 heteroatoms. The summed E-state index contributed by atoms with van der Waals surface area (Å²) in [6.07, 6.45) is 2.02. The zero-order valence-corrected chi connectivity index (χ0v) is 6.33. The van der Waals surface area contributed by atoms with E-state index in [1.54, 1.807) is 6.20 Å². The van der Waals surface area contributed by atoms with E-state index in [1.807, 2.05) is 13.0 Å². The standard InChI is InChI=1S/C8H9N3/c1-6-7(2-4-9)3-5-11-8(6)10/h3,5H,2H2,1H3,(H2,10,11). The number of rotatable bonds is 1. The number of nitriles is 1. The number of hydrogen-bond donors (Lipinski definition) is 1. The lowest BCUT2D eigenvalue weighted by molar-refractivity contribution is 1.16. The molecule has 0 unspecified atom stereocenters. The lowest BCUT2D eigenvalue weighted by atomic mass is 10.1. The molecule has 0 atom stereocenters. The minimum atomic E-state index is 0.401. The Labute approximate surface area is 65.5 Å². The fourth-order valence-corrected chi connectivity index (χ4v) is 0.871. The zero-order valence-electron chi connectivity index (χ0n) is 6.33. The van der Waals surface area contributed by atoms with Gasteiger partial charge in [0, 0.05) is 6.20 Å². The van der Waals surface area contributed by atoms with Crippen LogP contribution in [0, 0.1) is 18.3 Å². The molecule has 1 heterocycles. The Morgan fingerprint density at radius 3 is 3.09 bits per heavy atom. The molecule has 1 aromatic heterocycles. The van der Waals surface area contributed by atoms with Crippen molar-refractivity contribution in [1.29, 1.82) is 5.26 Å². The van der Waals surface area contributed by atoms with Crippen LogP contribution in [0.5, 0.6) is 0 Å². The SMILES string of the molecule is Cc1c(CC#N)ccnc1N. The third kappa shape index (κ3) is 1.47. The van der Waals surface area contributed by atoms with Crippen LogP contribution in [0.15, 0.2) is 12.3 Å². The molecule has 0 aromatic carbocycles. The van der Waals surface area contributed by atoms with Crippen molar-refractivity contribution in [3.63, 3.8) is 0 Å². The van der Waals surface area contributed by atoms with Crippen LogP contribution >= 0.6 is 0 Å². The van der Waals surface area contributed by atoms with E-state index in [2.05, 4.69) is 11.1 Å². The maximum absolute atomic E-state index is 8.42. The van der Waals surface area contributed by atoms with Gasteiger partial charge in [-0.3, -0.25) is 0 Å². The molecule has 0 amide bonds. The van der Waals surface area contributed by atoms with Gasteiger partial charge in [0.25, 0.3) is 0 Å². The summed E-state index contributed by atoms with van der Waals surface area (Å²) in [5.41, 5.74) is 7.40. The molecule has 0 aliphatic rings.